The van der Waals surface area contributed by atoms with Crippen molar-refractivity contribution in [2.45, 2.75) is 32.4 Å². The molecule has 124 valence electrons. The Kier molecular flexibility index (Phi) is 4.42. The molecular formula is C19H22N4O. The molecule has 0 N–H and O–H groups in total. The van der Waals surface area contributed by atoms with Gasteiger partial charge in [0, 0.05) is 6.54 Å². The van der Waals surface area contributed by atoms with Gasteiger partial charge in [-0.3, -0.25) is 4.90 Å². The monoisotopic (exact) mass is 322 g/mol. The lowest BCUT2D eigenvalue weighted by Gasteiger charge is -2.11. The van der Waals surface area contributed by atoms with Gasteiger partial charge in [0.15, 0.2) is 11.6 Å². The lowest BCUT2D eigenvalue weighted by molar-refractivity contribution is 0.299. The van der Waals surface area contributed by atoms with E-state index in [-0.39, 0.29) is 0 Å². The highest BCUT2D eigenvalue weighted by Gasteiger charge is 2.16. The first kappa shape index (κ1) is 15.1. The van der Waals surface area contributed by atoms with Crippen LogP contribution in [-0.2, 0) is 19.5 Å². The minimum atomic E-state index is 0.793. The maximum absolute atomic E-state index is 6.02. The molecule has 1 fully saturated rings. The number of likely N-dealkylation sites (tertiary alicyclic amines) is 1. The number of aryl methyl sites for hydroxylation is 2. The first-order chi connectivity index (χ1) is 11.9. The number of furan rings is 1. The van der Waals surface area contributed by atoms with Crippen molar-refractivity contribution in [2.75, 3.05) is 13.1 Å². The lowest BCUT2D eigenvalue weighted by Crippen LogP contribution is -2.17. The molecule has 4 rings (SSSR count). The van der Waals surface area contributed by atoms with E-state index >= 15 is 0 Å². The van der Waals surface area contributed by atoms with Gasteiger partial charge < -0.3 is 4.42 Å². The molecule has 0 unspecified atom stereocenters. The molecule has 0 amide bonds. The smallest absolute Gasteiger partial charge is 0.194 e. The Labute approximate surface area is 141 Å². The van der Waals surface area contributed by atoms with E-state index in [0.29, 0.717) is 0 Å². The summed E-state index contributed by atoms with van der Waals surface area (Å²) in [7, 11) is 0. The van der Waals surface area contributed by atoms with Crippen LogP contribution in [-0.4, -0.2) is 32.8 Å². The second kappa shape index (κ2) is 7.01. The molecule has 5 nitrogen and oxygen atoms in total. The molecule has 0 aliphatic carbocycles. The largest absolute Gasteiger partial charge is 0.456 e. The number of aromatic nitrogens is 3. The quantitative estimate of drug-likeness (QED) is 0.698. The van der Waals surface area contributed by atoms with E-state index in [9.17, 15) is 0 Å². The van der Waals surface area contributed by atoms with E-state index in [1.807, 2.05) is 16.8 Å². The maximum atomic E-state index is 6.02. The number of benzene rings is 1. The maximum Gasteiger partial charge on any atom is 0.194 e. The van der Waals surface area contributed by atoms with Crippen LogP contribution in [0.5, 0.6) is 0 Å². The average Bonchev–Trinajstić information content (AvgIpc) is 3.36. The molecule has 3 aromatic rings. The first-order valence-corrected chi connectivity index (χ1v) is 8.62. The summed E-state index contributed by atoms with van der Waals surface area (Å²) in [6.45, 7) is 4.02. The van der Waals surface area contributed by atoms with Crippen LogP contribution < -0.4 is 0 Å². The van der Waals surface area contributed by atoms with Crippen molar-refractivity contribution in [1.29, 1.82) is 0 Å². The molecule has 0 atom stereocenters. The van der Waals surface area contributed by atoms with Crippen molar-refractivity contribution < 1.29 is 4.42 Å². The van der Waals surface area contributed by atoms with E-state index in [2.05, 4.69) is 45.3 Å². The predicted octanol–water partition coefficient (Wildman–Crippen LogP) is 3.38. The standard InChI is InChI=1S/C19H22N4O/c1-2-6-16(7-3-1)10-13-23-19(20-15-21-23)18-9-8-17(24-18)14-22-11-4-5-12-22/h1-3,6-9,15H,4-5,10-14H2. The van der Waals surface area contributed by atoms with Crippen LogP contribution in [0.25, 0.3) is 11.6 Å². The van der Waals surface area contributed by atoms with Crippen LogP contribution in [0.15, 0.2) is 53.2 Å². The van der Waals surface area contributed by atoms with Crippen LogP contribution in [0, 0.1) is 0 Å². The van der Waals surface area contributed by atoms with Crippen LogP contribution in [0.2, 0.25) is 0 Å². The molecule has 1 saturated heterocycles. The molecule has 24 heavy (non-hydrogen) atoms. The Morgan fingerprint density at radius 3 is 2.67 bits per heavy atom. The number of hydrogen-bond acceptors (Lipinski definition) is 4. The second-order valence-corrected chi connectivity index (χ2v) is 6.29. The summed E-state index contributed by atoms with van der Waals surface area (Å²) < 4.78 is 7.94. The van der Waals surface area contributed by atoms with E-state index in [4.69, 9.17) is 4.42 Å². The summed E-state index contributed by atoms with van der Waals surface area (Å²) in [6, 6.07) is 14.5. The Bertz CT molecular complexity index is 772. The summed E-state index contributed by atoms with van der Waals surface area (Å²) in [5.41, 5.74) is 1.30. The van der Waals surface area contributed by atoms with Gasteiger partial charge in [-0.15, -0.1) is 0 Å². The van der Waals surface area contributed by atoms with Gasteiger partial charge in [0.1, 0.15) is 12.1 Å². The summed E-state index contributed by atoms with van der Waals surface area (Å²) in [6.07, 6.45) is 5.12. The highest BCUT2D eigenvalue weighted by Crippen LogP contribution is 2.22. The zero-order valence-corrected chi connectivity index (χ0v) is 13.8. The highest BCUT2D eigenvalue weighted by atomic mass is 16.3. The number of nitrogens with zero attached hydrogens (tertiary/aromatic N) is 4. The lowest BCUT2D eigenvalue weighted by atomic mass is 10.1. The van der Waals surface area contributed by atoms with Gasteiger partial charge in [-0.1, -0.05) is 30.3 Å². The first-order valence-electron chi connectivity index (χ1n) is 8.62. The summed E-state index contributed by atoms with van der Waals surface area (Å²) in [5, 5.41) is 4.36. The molecular weight excluding hydrogens is 300 g/mol. The second-order valence-electron chi connectivity index (χ2n) is 6.29. The molecule has 0 bridgehead atoms. The van der Waals surface area contributed by atoms with Gasteiger partial charge in [0.25, 0.3) is 0 Å². The van der Waals surface area contributed by atoms with Crippen LogP contribution in [0.4, 0.5) is 0 Å². The van der Waals surface area contributed by atoms with Crippen molar-refractivity contribution >= 4 is 0 Å². The Balaban J connectivity index is 1.45. The molecule has 3 heterocycles. The number of rotatable bonds is 6. The van der Waals surface area contributed by atoms with Crippen molar-refractivity contribution in [2.24, 2.45) is 0 Å². The number of hydrogen-bond donors (Lipinski definition) is 0. The van der Waals surface area contributed by atoms with Crippen LogP contribution in [0.1, 0.15) is 24.2 Å². The third-order valence-corrected chi connectivity index (χ3v) is 4.53. The average molecular weight is 322 g/mol. The molecule has 0 spiro atoms. The summed E-state index contributed by atoms with van der Waals surface area (Å²) in [5.74, 6) is 2.61. The van der Waals surface area contributed by atoms with Gasteiger partial charge in [-0.05, 0) is 50.0 Å². The normalized spacial score (nSPS) is 15.2. The van der Waals surface area contributed by atoms with Crippen molar-refractivity contribution in [3.63, 3.8) is 0 Å². The zero-order chi connectivity index (χ0) is 16.2. The fourth-order valence-electron chi connectivity index (χ4n) is 3.24. The van der Waals surface area contributed by atoms with Gasteiger partial charge in [-0.2, -0.15) is 5.10 Å². The minimum absolute atomic E-state index is 0.793. The van der Waals surface area contributed by atoms with Crippen LogP contribution in [0.3, 0.4) is 0 Å². The third kappa shape index (κ3) is 3.41. The van der Waals surface area contributed by atoms with Crippen LogP contribution >= 0.6 is 0 Å². The minimum Gasteiger partial charge on any atom is -0.456 e. The van der Waals surface area contributed by atoms with Crippen molar-refractivity contribution in [3.8, 4) is 11.6 Å². The third-order valence-electron chi connectivity index (χ3n) is 4.53. The topological polar surface area (TPSA) is 47.1 Å². The van der Waals surface area contributed by atoms with E-state index in [1.54, 1.807) is 6.33 Å². The molecule has 0 saturated carbocycles. The zero-order valence-electron chi connectivity index (χ0n) is 13.8. The Hall–Kier alpha value is -2.40. The van der Waals surface area contributed by atoms with E-state index in [0.717, 1.165) is 36.9 Å². The Morgan fingerprint density at radius 1 is 1.00 bits per heavy atom. The molecule has 0 radical (unpaired) electrons. The summed E-state index contributed by atoms with van der Waals surface area (Å²) in [4.78, 5) is 6.82. The molecule has 1 aromatic carbocycles. The molecule has 1 aliphatic rings. The summed E-state index contributed by atoms with van der Waals surface area (Å²) >= 11 is 0. The van der Waals surface area contributed by atoms with Crippen molar-refractivity contribution in [3.05, 3.63) is 60.1 Å². The molecule has 5 heteroatoms. The van der Waals surface area contributed by atoms with E-state index in [1.165, 1.54) is 31.5 Å². The fourth-order valence-corrected chi connectivity index (χ4v) is 3.24. The Morgan fingerprint density at radius 2 is 1.83 bits per heavy atom. The highest BCUT2D eigenvalue weighted by molar-refractivity contribution is 5.46. The predicted molar refractivity (Wildman–Crippen MR) is 92.4 cm³/mol. The SMILES string of the molecule is c1ccc(CCn2ncnc2-c2ccc(CN3CCCC3)o2)cc1. The fraction of sp³-hybridized carbons (Fsp3) is 0.368. The molecule has 2 aromatic heterocycles. The van der Waals surface area contributed by atoms with Crippen molar-refractivity contribution in [1.82, 2.24) is 19.7 Å². The van der Waals surface area contributed by atoms with Gasteiger partial charge in [0.2, 0.25) is 0 Å². The van der Waals surface area contributed by atoms with Gasteiger partial charge in [0.05, 0.1) is 6.54 Å². The van der Waals surface area contributed by atoms with Gasteiger partial charge >= 0.3 is 0 Å². The van der Waals surface area contributed by atoms with E-state index < -0.39 is 0 Å². The van der Waals surface area contributed by atoms with Gasteiger partial charge in [-0.25, -0.2) is 9.67 Å². The molecule has 1 aliphatic heterocycles.